The topological polar surface area (TPSA) is 114 Å². The fourth-order valence-electron chi connectivity index (χ4n) is 2.80. The smallest absolute Gasteiger partial charge is 0.315 e. The Hall–Kier alpha value is -3.94. The molecule has 28 heavy (non-hydrogen) atoms. The van der Waals surface area contributed by atoms with Crippen LogP contribution in [-0.4, -0.2) is 29.3 Å². The van der Waals surface area contributed by atoms with E-state index in [0.29, 0.717) is 0 Å². The van der Waals surface area contributed by atoms with Gasteiger partial charge in [0.15, 0.2) is 0 Å². The van der Waals surface area contributed by atoms with Gasteiger partial charge in [-0.3, -0.25) is 14.9 Å². The largest absolute Gasteiger partial charge is 0.502 e. The first-order chi connectivity index (χ1) is 13.5. The molecule has 2 N–H and O–H groups in total. The second-order valence-electron chi connectivity index (χ2n) is 5.95. The number of aromatic hydroxyl groups is 1. The monoisotopic (exact) mass is 379 g/mol. The van der Waals surface area contributed by atoms with E-state index in [0.717, 1.165) is 28.6 Å². The number of hydrazone groups is 1. The molecule has 0 fully saturated rings. The number of nitrogens with one attached hydrogen (secondary N) is 1. The van der Waals surface area contributed by atoms with E-state index in [9.17, 15) is 20.0 Å². The van der Waals surface area contributed by atoms with E-state index in [4.69, 9.17) is 4.74 Å². The second-order valence-corrected chi connectivity index (χ2v) is 5.95. The summed E-state index contributed by atoms with van der Waals surface area (Å²) >= 11 is 0. The van der Waals surface area contributed by atoms with Crippen LogP contribution in [0.4, 0.5) is 5.69 Å². The molecule has 8 nitrogen and oxygen atoms in total. The van der Waals surface area contributed by atoms with Gasteiger partial charge in [-0.25, -0.2) is 5.43 Å². The van der Waals surface area contributed by atoms with Crippen molar-refractivity contribution in [2.24, 2.45) is 5.10 Å². The van der Waals surface area contributed by atoms with Gasteiger partial charge in [0.25, 0.3) is 0 Å². The van der Waals surface area contributed by atoms with Crippen LogP contribution in [-0.2, 0) is 11.2 Å². The molecule has 0 unspecified atom stereocenters. The highest BCUT2D eigenvalue weighted by atomic mass is 16.6. The van der Waals surface area contributed by atoms with Crippen molar-refractivity contribution < 1.29 is 19.6 Å². The van der Waals surface area contributed by atoms with Crippen LogP contribution in [0.25, 0.3) is 10.8 Å². The molecule has 0 radical (unpaired) electrons. The third-order valence-corrected chi connectivity index (χ3v) is 4.15. The normalized spacial score (nSPS) is 10.9. The average Bonchev–Trinajstić information content (AvgIpc) is 2.69. The summed E-state index contributed by atoms with van der Waals surface area (Å²) in [4.78, 5) is 22.5. The number of amides is 1. The number of benzene rings is 3. The summed E-state index contributed by atoms with van der Waals surface area (Å²) in [6.45, 7) is 0. The summed E-state index contributed by atoms with van der Waals surface area (Å²) in [5.74, 6) is -0.727. The van der Waals surface area contributed by atoms with Gasteiger partial charge < -0.3 is 9.84 Å². The van der Waals surface area contributed by atoms with E-state index in [2.05, 4.69) is 10.5 Å². The lowest BCUT2D eigenvalue weighted by molar-refractivity contribution is -0.385. The number of ether oxygens (including phenoxy) is 1. The molecule has 0 aliphatic rings. The number of carbonyl (C=O) groups excluding carboxylic acids is 1. The maximum Gasteiger partial charge on any atom is 0.315 e. The highest BCUT2D eigenvalue weighted by molar-refractivity contribution is 5.91. The van der Waals surface area contributed by atoms with Crippen molar-refractivity contribution in [3.63, 3.8) is 0 Å². The van der Waals surface area contributed by atoms with Crippen LogP contribution >= 0.6 is 0 Å². The first-order valence-electron chi connectivity index (χ1n) is 8.33. The van der Waals surface area contributed by atoms with Crippen molar-refractivity contribution in [1.29, 1.82) is 0 Å². The van der Waals surface area contributed by atoms with E-state index >= 15 is 0 Å². The van der Waals surface area contributed by atoms with Crippen LogP contribution in [0.2, 0.25) is 0 Å². The third kappa shape index (κ3) is 4.07. The Morgan fingerprint density at radius 3 is 2.75 bits per heavy atom. The molecule has 0 spiro atoms. The maximum absolute atomic E-state index is 12.2. The summed E-state index contributed by atoms with van der Waals surface area (Å²) in [6, 6.07) is 15.9. The molecular weight excluding hydrogens is 362 g/mol. The molecule has 0 saturated carbocycles. The van der Waals surface area contributed by atoms with Gasteiger partial charge in [0.05, 0.1) is 30.7 Å². The van der Waals surface area contributed by atoms with Crippen molar-refractivity contribution in [1.82, 2.24) is 5.43 Å². The molecule has 3 aromatic carbocycles. The van der Waals surface area contributed by atoms with Crippen molar-refractivity contribution in [2.75, 3.05) is 7.11 Å². The first-order valence-corrected chi connectivity index (χ1v) is 8.33. The maximum atomic E-state index is 12.2. The number of nitro groups is 1. The Balaban J connectivity index is 1.75. The van der Waals surface area contributed by atoms with Gasteiger partial charge in [0.2, 0.25) is 11.7 Å². The van der Waals surface area contributed by atoms with Crippen LogP contribution in [0.5, 0.6) is 11.5 Å². The summed E-state index contributed by atoms with van der Waals surface area (Å²) in [7, 11) is 1.35. The SMILES string of the molecule is COc1cc(/C=N\NC(=O)Cc2cccc3ccccc23)c(O)c([N+](=O)[O-])c1. The minimum atomic E-state index is -0.728. The zero-order valence-electron chi connectivity index (χ0n) is 15.0. The molecule has 0 heterocycles. The quantitative estimate of drug-likeness (QED) is 0.388. The Kier molecular flexibility index (Phi) is 5.50. The molecule has 0 aliphatic carbocycles. The van der Waals surface area contributed by atoms with Gasteiger partial charge in [0.1, 0.15) is 5.75 Å². The number of nitro benzene ring substituents is 1. The van der Waals surface area contributed by atoms with Gasteiger partial charge in [0, 0.05) is 5.56 Å². The van der Waals surface area contributed by atoms with E-state index < -0.39 is 16.4 Å². The van der Waals surface area contributed by atoms with Crippen LogP contribution in [0, 0.1) is 10.1 Å². The Labute approximate surface area is 160 Å². The lowest BCUT2D eigenvalue weighted by Crippen LogP contribution is -2.19. The van der Waals surface area contributed by atoms with E-state index in [-0.39, 0.29) is 23.6 Å². The summed E-state index contributed by atoms with van der Waals surface area (Å²) < 4.78 is 4.98. The molecule has 0 bridgehead atoms. The highest BCUT2D eigenvalue weighted by Crippen LogP contribution is 2.33. The predicted molar refractivity (Wildman–Crippen MR) is 105 cm³/mol. The molecule has 0 aromatic heterocycles. The van der Waals surface area contributed by atoms with Crippen LogP contribution in [0.15, 0.2) is 59.7 Å². The first kappa shape index (κ1) is 18.8. The molecule has 1 amide bonds. The van der Waals surface area contributed by atoms with Gasteiger partial charge in [-0.05, 0) is 22.4 Å². The van der Waals surface area contributed by atoms with Crippen LogP contribution < -0.4 is 10.2 Å². The standard InChI is InChI=1S/C20H17N3O5/c1-28-16-9-15(20(25)18(11-16)23(26)27)12-21-22-19(24)10-14-7-4-6-13-5-2-3-8-17(13)14/h2-9,11-12,25H,10H2,1H3,(H,22,24)/b21-12-. The molecule has 142 valence electrons. The fourth-order valence-corrected chi connectivity index (χ4v) is 2.80. The van der Waals surface area contributed by atoms with E-state index in [1.54, 1.807) is 0 Å². The van der Waals surface area contributed by atoms with Gasteiger partial charge in [-0.1, -0.05) is 42.5 Å². The second kappa shape index (κ2) is 8.17. The number of phenolic OH excluding ortho intramolecular Hbond substituents is 1. The van der Waals surface area contributed by atoms with Gasteiger partial charge in [-0.15, -0.1) is 0 Å². The molecule has 0 aliphatic heterocycles. The Morgan fingerprint density at radius 2 is 2.00 bits per heavy atom. The Bertz CT molecular complexity index is 1070. The lowest BCUT2D eigenvalue weighted by Gasteiger charge is -2.06. The molecule has 3 aromatic rings. The minimum Gasteiger partial charge on any atom is -0.502 e. The lowest BCUT2D eigenvalue weighted by atomic mass is 10.0. The van der Waals surface area contributed by atoms with Gasteiger partial charge in [-0.2, -0.15) is 5.10 Å². The van der Waals surface area contributed by atoms with Crippen LogP contribution in [0.1, 0.15) is 11.1 Å². The number of fused-ring (bicyclic) bond motifs is 1. The number of phenols is 1. The molecule has 0 atom stereocenters. The number of hydrogen-bond donors (Lipinski definition) is 2. The van der Waals surface area contributed by atoms with Crippen molar-refractivity contribution in [2.45, 2.75) is 6.42 Å². The minimum absolute atomic E-state index is 0.0523. The number of nitrogens with zero attached hydrogens (tertiary/aromatic N) is 2. The van der Waals surface area contributed by atoms with Gasteiger partial charge >= 0.3 is 5.69 Å². The summed E-state index contributed by atoms with van der Waals surface area (Å²) in [5, 5.41) is 26.8. The van der Waals surface area contributed by atoms with Crippen molar-refractivity contribution in [3.8, 4) is 11.5 Å². The molecule has 3 rings (SSSR count). The van der Waals surface area contributed by atoms with Crippen LogP contribution in [0.3, 0.4) is 0 Å². The zero-order valence-corrected chi connectivity index (χ0v) is 15.0. The fraction of sp³-hybridized carbons (Fsp3) is 0.100. The number of carbonyl (C=O) groups is 1. The Morgan fingerprint density at radius 1 is 1.25 bits per heavy atom. The summed E-state index contributed by atoms with van der Waals surface area (Å²) in [5.41, 5.74) is 2.76. The van der Waals surface area contributed by atoms with E-state index in [1.807, 2.05) is 42.5 Å². The van der Waals surface area contributed by atoms with Crippen molar-refractivity contribution >= 4 is 28.6 Å². The third-order valence-electron chi connectivity index (χ3n) is 4.15. The number of methoxy groups -OCH3 is 1. The average molecular weight is 379 g/mol. The number of rotatable bonds is 6. The van der Waals surface area contributed by atoms with E-state index in [1.165, 1.54) is 13.2 Å². The molecule has 8 heteroatoms. The number of hydrogen-bond acceptors (Lipinski definition) is 6. The predicted octanol–water partition coefficient (Wildman–Crippen LogP) is 3.16. The molecule has 0 saturated heterocycles. The zero-order chi connectivity index (χ0) is 20.1. The molecular formula is C20H17N3O5. The highest BCUT2D eigenvalue weighted by Gasteiger charge is 2.18. The van der Waals surface area contributed by atoms with Crippen molar-refractivity contribution in [3.05, 3.63) is 75.8 Å². The summed E-state index contributed by atoms with van der Waals surface area (Å²) in [6.07, 6.45) is 1.24.